The number of urea groups is 1. The predicted octanol–water partition coefficient (Wildman–Crippen LogP) is 6.73. The average molecular weight is 619 g/mol. The van der Waals surface area contributed by atoms with Gasteiger partial charge in [-0.25, -0.2) is 9.69 Å². The van der Waals surface area contributed by atoms with Gasteiger partial charge in [0.15, 0.2) is 0 Å². The minimum absolute atomic E-state index is 0.216. The first-order chi connectivity index (χ1) is 16.6. The monoisotopic (exact) mass is 616 g/mol. The van der Waals surface area contributed by atoms with Crippen LogP contribution in [-0.2, 0) is 16.2 Å². The van der Waals surface area contributed by atoms with Crippen LogP contribution >= 0.6 is 43.5 Å². The van der Waals surface area contributed by atoms with E-state index in [4.69, 9.17) is 16.3 Å². The molecule has 0 atom stereocenters. The predicted molar refractivity (Wildman–Crippen MR) is 143 cm³/mol. The number of amides is 4. The zero-order valence-electron chi connectivity index (χ0n) is 18.7. The topological polar surface area (TPSA) is 75.7 Å². The quantitative estimate of drug-likeness (QED) is 0.254. The molecule has 6 nitrogen and oxygen atoms in total. The van der Waals surface area contributed by atoms with Gasteiger partial charge < -0.3 is 4.74 Å². The summed E-state index contributed by atoms with van der Waals surface area (Å²) >= 11 is 13.1. The summed E-state index contributed by atoms with van der Waals surface area (Å²) in [5, 5.41) is 2.62. The van der Waals surface area contributed by atoms with Gasteiger partial charge in [-0.15, -0.1) is 0 Å². The largest absolute Gasteiger partial charge is 0.487 e. The summed E-state index contributed by atoms with van der Waals surface area (Å²) in [7, 11) is 0. The fourth-order valence-electron chi connectivity index (χ4n) is 3.45. The van der Waals surface area contributed by atoms with Gasteiger partial charge >= 0.3 is 6.03 Å². The number of imide groups is 2. The van der Waals surface area contributed by atoms with Crippen LogP contribution in [0.4, 0.5) is 10.5 Å². The van der Waals surface area contributed by atoms with Gasteiger partial charge in [0.25, 0.3) is 11.8 Å². The first-order valence-electron chi connectivity index (χ1n) is 10.5. The molecular weight excluding hydrogens is 600 g/mol. The molecule has 0 radical (unpaired) electrons. The number of aryl methyl sites for hydroxylation is 2. The fraction of sp³-hybridized carbons (Fsp3) is 0.115. The smallest absolute Gasteiger partial charge is 0.335 e. The molecule has 3 aromatic rings. The van der Waals surface area contributed by atoms with Crippen LogP contribution in [0.2, 0.25) is 5.02 Å². The van der Waals surface area contributed by atoms with Crippen LogP contribution in [0.5, 0.6) is 5.75 Å². The van der Waals surface area contributed by atoms with Crippen molar-refractivity contribution in [3.63, 3.8) is 0 Å². The number of halogens is 3. The number of barbiturate groups is 1. The van der Waals surface area contributed by atoms with Crippen LogP contribution < -0.4 is 15.0 Å². The van der Waals surface area contributed by atoms with Crippen molar-refractivity contribution in [1.29, 1.82) is 0 Å². The van der Waals surface area contributed by atoms with Crippen molar-refractivity contribution in [2.75, 3.05) is 4.90 Å². The second-order valence-electron chi connectivity index (χ2n) is 7.97. The van der Waals surface area contributed by atoms with E-state index < -0.39 is 17.8 Å². The third-order valence-electron chi connectivity index (χ3n) is 5.36. The first-order valence-corrected chi connectivity index (χ1v) is 12.5. The van der Waals surface area contributed by atoms with E-state index in [1.165, 1.54) is 12.1 Å². The Morgan fingerprint density at radius 1 is 1.00 bits per heavy atom. The lowest BCUT2D eigenvalue weighted by atomic mass is 10.1. The molecule has 0 saturated carbocycles. The molecule has 9 heteroatoms. The maximum absolute atomic E-state index is 13.3. The number of benzene rings is 3. The normalized spacial score (nSPS) is 14.9. The highest BCUT2D eigenvalue weighted by Gasteiger charge is 2.37. The molecule has 0 spiro atoms. The molecule has 1 heterocycles. The second kappa shape index (κ2) is 10.4. The first kappa shape index (κ1) is 25.2. The summed E-state index contributed by atoms with van der Waals surface area (Å²) in [5.74, 6) is -1.11. The Labute approximate surface area is 224 Å². The molecule has 1 aliphatic rings. The number of rotatable bonds is 5. The highest BCUT2D eigenvalue weighted by atomic mass is 79.9. The molecule has 0 unspecified atom stereocenters. The van der Waals surface area contributed by atoms with Crippen LogP contribution in [0.25, 0.3) is 6.08 Å². The van der Waals surface area contributed by atoms with Gasteiger partial charge in [-0.1, -0.05) is 63.4 Å². The summed E-state index contributed by atoms with van der Waals surface area (Å²) in [6.07, 6.45) is 1.41. The van der Waals surface area contributed by atoms with E-state index in [-0.39, 0.29) is 17.9 Å². The molecule has 1 saturated heterocycles. The average Bonchev–Trinajstić information content (AvgIpc) is 2.79. The highest BCUT2D eigenvalue weighted by Crippen LogP contribution is 2.36. The zero-order valence-corrected chi connectivity index (χ0v) is 22.6. The van der Waals surface area contributed by atoms with E-state index in [1.807, 2.05) is 38.1 Å². The van der Waals surface area contributed by atoms with Crippen LogP contribution in [0.3, 0.4) is 0 Å². The molecule has 35 heavy (non-hydrogen) atoms. The number of carbonyl (C=O) groups is 3. The van der Waals surface area contributed by atoms with Crippen molar-refractivity contribution in [2.24, 2.45) is 0 Å². The van der Waals surface area contributed by atoms with Gasteiger partial charge in [0.1, 0.15) is 17.9 Å². The third-order valence-corrected chi connectivity index (χ3v) is 6.81. The molecule has 1 N–H and O–H groups in total. The van der Waals surface area contributed by atoms with Crippen molar-refractivity contribution in [2.45, 2.75) is 20.5 Å². The second-order valence-corrected chi connectivity index (χ2v) is 10.1. The van der Waals surface area contributed by atoms with Gasteiger partial charge in [0.2, 0.25) is 0 Å². The molecule has 0 aromatic heterocycles. The summed E-state index contributed by atoms with van der Waals surface area (Å²) in [6.45, 7) is 4.09. The lowest BCUT2D eigenvalue weighted by molar-refractivity contribution is -0.122. The number of nitrogens with zero attached hydrogens (tertiary/aromatic N) is 1. The van der Waals surface area contributed by atoms with Crippen molar-refractivity contribution in [3.8, 4) is 5.75 Å². The number of ether oxygens (including phenoxy) is 1. The number of carbonyl (C=O) groups excluding carboxylic acids is 3. The van der Waals surface area contributed by atoms with Crippen molar-refractivity contribution >= 4 is 73.1 Å². The maximum Gasteiger partial charge on any atom is 0.335 e. The van der Waals surface area contributed by atoms with Gasteiger partial charge in [-0.3, -0.25) is 14.9 Å². The molecule has 178 valence electrons. The van der Waals surface area contributed by atoms with Gasteiger partial charge in [-0.2, -0.15) is 0 Å². The van der Waals surface area contributed by atoms with E-state index in [2.05, 4.69) is 37.2 Å². The highest BCUT2D eigenvalue weighted by molar-refractivity contribution is 9.11. The Morgan fingerprint density at radius 2 is 1.71 bits per heavy atom. The van der Waals surface area contributed by atoms with E-state index in [1.54, 1.807) is 24.3 Å². The van der Waals surface area contributed by atoms with Crippen LogP contribution in [0.15, 0.2) is 69.1 Å². The Balaban J connectivity index is 1.71. The maximum atomic E-state index is 13.3. The molecule has 4 rings (SSSR count). The molecule has 1 fully saturated rings. The molecule has 3 aromatic carbocycles. The Morgan fingerprint density at radius 3 is 2.40 bits per heavy atom. The van der Waals surface area contributed by atoms with E-state index >= 15 is 0 Å². The number of hydrogen-bond acceptors (Lipinski definition) is 4. The Bertz CT molecular complexity index is 1390. The summed E-state index contributed by atoms with van der Waals surface area (Å²) < 4.78 is 7.41. The van der Waals surface area contributed by atoms with Gasteiger partial charge in [-0.05, 0) is 71.2 Å². The zero-order chi connectivity index (χ0) is 25.3. The Kier molecular flexibility index (Phi) is 7.44. The summed E-state index contributed by atoms with van der Waals surface area (Å²) in [4.78, 5) is 39.4. The van der Waals surface area contributed by atoms with Gasteiger partial charge in [0.05, 0.1) is 10.2 Å². The minimum atomic E-state index is -0.844. The summed E-state index contributed by atoms with van der Waals surface area (Å²) in [5.41, 5.74) is 3.41. The van der Waals surface area contributed by atoms with Crippen LogP contribution in [0.1, 0.15) is 22.3 Å². The number of hydrogen-bond donors (Lipinski definition) is 1. The third kappa shape index (κ3) is 5.50. The summed E-state index contributed by atoms with van der Waals surface area (Å²) in [6, 6.07) is 15.4. The van der Waals surface area contributed by atoms with Crippen LogP contribution in [-0.4, -0.2) is 17.8 Å². The van der Waals surface area contributed by atoms with Crippen molar-refractivity contribution < 1.29 is 19.1 Å². The lowest BCUT2D eigenvalue weighted by Gasteiger charge is -2.26. The molecular formula is C26H19Br2ClN2O4. The molecule has 0 aliphatic carbocycles. The lowest BCUT2D eigenvalue weighted by Crippen LogP contribution is -2.54. The standard InChI is InChI=1S/C26H19Br2ClN2O4/c1-14-3-6-16(7-4-14)13-35-23-17(9-18(27)11-21(23)28)10-20-24(32)30-26(34)31(25(20)33)19-8-5-15(2)22(29)12-19/h3-12H,13H2,1-2H3,(H,30,32,34)/b20-10+. The van der Waals surface area contributed by atoms with Gasteiger partial charge in [0, 0.05) is 15.1 Å². The number of nitrogens with one attached hydrogen (secondary N) is 1. The molecule has 1 aliphatic heterocycles. The number of anilines is 1. The van der Waals surface area contributed by atoms with Crippen molar-refractivity contribution in [3.05, 3.63) is 96.4 Å². The molecule has 4 amide bonds. The SMILES string of the molecule is Cc1ccc(COc2c(Br)cc(Br)cc2/C=C2\C(=O)NC(=O)N(c3ccc(C)c(Cl)c3)C2=O)cc1. The molecule has 0 bridgehead atoms. The van der Waals surface area contributed by atoms with E-state index in [0.29, 0.717) is 25.3 Å². The fourth-order valence-corrected chi connectivity index (χ4v) is 5.00. The van der Waals surface area contributed by atoms with Crippen LogP contribution in [0, 0.1) is 13.8 Å². The van der Waals surface area contributed by atoms with E-state index in [0.717, 1.165) is 21.6 Å². The Hall–Kier alpha value is -2.94. The minimum Gasteiger partial charge on any atom is -0.487 e. The van der Waals surface area contributed by atoms with Crippen molar-refractivity contribution in [1.82, 2.24) is 5.32 Å². The van der Waals surface area contributed by atoms with E-state index in [9.17, 15) is 14.4 Å².